The fraction of sp³-hybridized carbons (Fsp3) is 0.214. The van der Waals surface area contributed by atoms with Gasteiger partial charge in [0, 0.05) is 17.5 Å². The predicted octanol–water partition coefficient (Wildman–Crippen LogP) is 1.46. The summed E-state index contributed by atoms with van der Waals surface area (Å²) in [5.74, 6) is -0.309. The molecular formula is C14H14N2O4. The molecule has 104 valence electrons. The zero-order valence-electron chi connectivity index (χ0n) is 10.9. The second-order valence-electron chi connectivity index (χ2n) is 4.20. The van der Waals surface area contributed by atoms with Gasteiger partial charge in [0.15, 0.2) is 0 Å². The topological polar surface area (TPSA) is 92.3 Å². The van der Waals surface area contributed by atoms with Gasteiger partial charge in [0.2, 0.25) is 0 Å². The van der Waals surface area contributed by atoms with E-state index in [2.05, 4.69) is 10.2 Å². The van der Waals surface area contributed by atoms with Gasteiger partial charge in [0.1, 0.15) is 5.75 Å². The van der Waals surface area contributed by atoms with Crippen molar-refractivity contribution in [3.05, 3.63) is 46.2 Å². The number of aryl methyl sites for hydroxylation is 1. The fourth-order valence-electron chi connectivity index (χ4n) is 1.87. The Bertz CT molecular complexity index is 679. The summed E-state index contributed by atoms with van der Waals surface area (Å²) in [6.07, 6.45) is 0.0633. The lowest BCUT2D eigenvalue weighted by Crippen LogP contribution is -2.15. The van der Waals surface area contributed by atoms with E-state index in [9.17, 15) is 9.59 Å². The van der Waals surface area contributed by atoms with E-state index in [1.165, 1.54) is 0 Å². The van der Waals surface area contributed by atoms with Gasteiger partial charge in [-0.2, -0.15) is 5.10 Å². The Kier molecular flexibility index (Phi) is 4.14. The molecule has 6 heteroatoms. The van der Waals surface area contributed by atoms with E-state index in [4.69, 9.17) is 9.84 Å². The molecule has 0 amide bonds. The molecule has 1 heterocycles. The largest absolute Gasteiger partial charge is 0.496 e. The summed E-state index contributed by atoms with van der Waals surface area (Å²) < 4.78 is 5.24. The molecular weight excluding hydrogens is 260 g/mol. The third kappa shape index (κ3) is 3.03. The molecule has 0 atom stereocenters. The molecule has 6 nitrogen and oxygen atoms in total. The lowest BCUT2D eigenvalue weighted by molar-refractivity contribution is -0.136. The number of carbonyl (C=O) groups is 1. The molecule has 0 saturated heterocycles. The molecule has 1 aromatic carbocycles. The molecule has 0 aliphatic carbocycles. The van der Waals surface area contributed by atoms with Gasteiger partial charge in [-0.1, -0.05) is 12.1 Å². The minimum atomic E-state index is -0.944. The Labute approximate surface area is 115 Å². The van der Waals surface area contributed by atoms with Crippen molar-refractivity contribution in [3.63, 3.8) is 0 Å². The Morgan fingerprint density at radius 1 is 1.40 bits per heavy atom. The minimum absolute atomic E-state index is 0.0988. The number of carboxylic acid groups (broad SMARTS) is 1. The zero-order valence-corrected chi connectivity index (χ0v) is 10.9. The van der Waals surface area contributed by atoms with Crippen molar-refractivity contribution in [2.45, 2.75) is 12.8 Å². The van der Waals surface area contributed by atoms with Crippen LogP contribution >= 0.6 is 0 Å². The van der Waals surface area contributed by atoms with E-state index >= 15 is 0 Å². The smallest absolute Gasteiger partial charge is 0.303 e. The fourth-order valence-corrected chi connectivity index (χ4v) is 1.87. The Morgan fingerprint density at radius 3 is 2.85 bits per heavy atom. The molecule has 0 saturated carbocycles. The first-order valence-corrected chi connectivity index (χ1v) is 6.05. The van der Waals surface area contributed by atoms with E-state index in [0.717, 1.165) is 5.56 Å². The molecule has 2 N–H and O–H groups in total. The van der Waals surface area contributed by atoms with E-state index < -0.39 is 5.97 Å². The van der Waals surface area contributed by atoms with Crippen molar-refractivity contribution in [2.24, 2.45) is 0 Å². The van der Waals surface area contributed by atoms with Crippen molar-refractivity contribution in [2.75, 3.05) is 7.11 Å². The van der Waals surface area contributed by atoms with Crippen LogP contribution in [0.15, 0.2) is 35.1 Å². The summed E-state index contributed by atoms with van der Waals surface area (Å²) in [7, 11) is 1.55. The van der Waals surface area contributed by atoms with Gasteiger partial charge >= 0.3 is 5.97 Å². The van der Waals surface area contributed by atoms with Crippen LogP contribution in [-0.4, -0.2) is 28.4 Å². The van der Waals surface area contributed by atoms with Crippen molar-refractivity contribution in [3.8, 4) is 17.0 Å². The van der Waals surface area contributed by atoms with Gasteiger partial charge < -0.3 is 9.84 Å². The normalized spacial score (nSPS) is 10.2. The molecule has 0 bridgehead atoms. The number of methoxy groups -OCH3 is 1. The second kappa shape index (κ2) is 6.01. The van der Waals surface area contributed by atoms with Gasteiger partial charge in [-0.05, 0) is 24.6 Å². The molecule has 0 unspecified atom stereocenters. The third-order valence-corrected chi connectivity index (χ3v) is 2.87. The Balaban J connectivity index is 2.40. The van der Waals surface area contributed by atoms with Gasteiger partial charge in [-0.3, -0.25) is 9.59 Å². The first-order valence-electron chi connectivity index (χ1n) is 6.05. The maximum absolute atomic E-state index is 11.6. The first kappa shape index (κ1) is 13.8. The van der Waals surface area contributed by atoms with Crippen molar-refractivity contribution < 1.29 is 14.6 Å². The van der Waals surface area contributed by atoms with Crippen molar-refractivity contribution >= 4 is 5.97 Å². The number of ether oxygens (including phenoxy) is 1. The van der Waals surface area contributed by atoms with Gasteiger partial charge in [-0.15, -0.1) is 0 Å². The van der Waals surface area contributed by atoms with Crippen LogP contribution in [-0.2, 0) is 11.2 Å². The molecule has 0 spiro atoms. The number of aromatic amines is 1. The quantitative estimate of drug-likeness (QED) is 0.861. The number of rotatable bonds is 5. The number of aromatic nitrogens is 2. The maximum atomic E-state index is 11.6. The van der Waals surface area contributed by atoms with Gasteiger partial charge in [-0.25, -0.2) is 5.10 Å². The minimum Gasteiger partial charge on any atom is -0.496 e. The van der Waals surface area contributed by atoms with Gasteiger partial charge in [0.25, 0.3) is 5.56 Å². The zero-order chi connectivity index (χ0) is 14.5. The van der Waals surface area contributed by atoms with Crippen LogP contribution in [0.4, 0.5) is 0 Å². The average Bonchev–Trinajstić information content (AvgIpc) is 2.46. The summed E-state index contributed by atoms with van der Waals surface area (Å²) in [6.45, 7) is 0. The Hall–Kier alpha value is -2.63. The number of carboxylic acids is 1. The summed E-state index contributed by atoms with van der Waals surface area (Å²) in [5, 5.41) is 15.1. The SMILES string of the molecule is COc1ccccc1-c1cc(CCC(=O)O)c(=O)[nH]n1. The lowest BCUT2D eigenvalue weighted by atomic mass is 10.1. The monoisotopic (exact) mass is 274 g/mol. The predicted molar refractivity (Wildman–Crippen MR) is 72.8 cm³/mol. The number of hydrogen-bond acceptors (Lipinski definition) is 4. The highest BCUT2D eigenvalue weighted by Crippen LogP contribution is 2.27. The van der Waals surface area contributed by atoms with Crippen LogP contribution in [0.2, 0.25) is 0 Å². The summed E-state index contributed by atoms with van der Waals surface area (Å²) in [4.78, 5) is 22.2. The average molecular weight is 274 g/mol. The molecule has 20 heavy (non-hydrogen) atoms. The summed E-state index contributed by atoms with van der Waals surface area (Å²) >= 11 is 0. The number of nitrogens with one attached hydrogen (secondary N) is 1. The molecule has 2 rings (SSSR count). The number of benzene rings is 1. The standard InChI is InChI=1S/C14H14N2O4/c1-20-12-5-3-2-4-10(12)11-8-9(6-7-13(17)18)14(19)16-15-11/h2-5,8H,6-7H2,1H3,(H,16,19)(H,17,18). The van der Waals surface area contributed by atoms with Crippen LogP contribution in [0.3, 0.4) is 0 Å². The van der Waals surface area contributed by atoms with Gasteiger partial charge in [0.05, 0.1) is 12.8 Å². The van der Waals surface area contributed by atoms with Crippen LogP contribution in [0.5, 0.6) is 5.75 Å². The molecule has 0 aliphatic rings. The first-order chi connectivity index (χ1) is 9.61. The number of para-hydroxylation sites is 1. The van der Waals surface area contributed by atoms with E-state index in [1.54, 1.807) is 19.2 Å². The number of nitrogens with zero attached hydrogens (tertiary/aromatic N) is 1. The van der Waals surface area contributed by atoms with Crippen molar-refractivity contribution in [1.82, 2.24) is 10.2 Å². The van der Waals surface area contributed by atoms with E-state index in [1.807, 2.05) is 18.2 Å². The number of aliphatic carboxylic acids is 1. The molecule has 0 aliphatic heterocycles. The molecule has 0 fully saturated rings. The van der Waals surface area contributed by atoms with E-state index in [-0.39, 0.29) is 18.4 Å². The summed E-state index contributed by atoms with van der Waals surface area (Å²) in [6, 6.07) is 8.88. The highest BCUT2D eigenvalue weighted by atomic mass is 16.5. The maximum Gasteiger partial charge on any atom is 0.303 e. The van der Waals surface area contributed by atoms with Crippen molar-refractivity contribution in [1.29, 1.82) is 0 Å². The third-order valence-electron chi connectivity index (χ3n) is 2.87. The molecule has 1 aromatic heterocycles. The highest BCUT2D eigenvalue weighted by Gasteiger charge is 2.10. The lowest BCUT2D eigenvalue weighted by Gasteiger charge is -2.08. The van der Waals surface area contributed by atoms with Crippen LogP contribution in [0.25, 0.3) is 11.3 Å². The van der Waals surface area contributed by atoms with Crippen LogP contribution in [0, 0.1) is 0 Å². The van der Waals surface area contributed by atoms with Crippen LogP contribution in [0.1, 0.15) is 12.0 Å². The molecule has 0 radical (unpaired) electrons. The van der Waals surface area contributed by atoms with E-state index in [0.29, 0.717) is 17.0 Å². The summed E-state index contributed by atoms with van der Waals surface area (Å²) in [5.41, 5.74) is 1.30. The van der Waals surface area contributed by atoms with Crippen LogP contribution < -0.4 is 10.3 Å². The number of hydrogen-bond donors (Lipinski definition) is 2. The highest BCUT2D eigenvalue weighted by molar-refractivity contribution is 5.68. The number of H-pyrrole nitrogens is 1. The second-order valence-corrected chi connectivity index (χ2v) is 4.20. The molecule has 2 aromatic rings. The Morgan fingerprint density at radius 2 is 2.15 bits per heavy atom.